The zero-order valence-corrected chi connectivity index (χ0v) is 13.1. The van der Waals surface area contributed by atoms with Crippen LogP contribution in [0.4, 0.5) is 13.2 Å². The Balaban J connectivity index is 2.59. The number of hydrogen-bond donors (Lipinski definition) is 0. The molecule has 2 nitrogen and oxygen atoms in total. The van der Waals surface area contributed by atoms with Crippen LogP contribution in [-0.2, 0) is 15.3 Å². The van der Waals surface area contributed by atoms with Crippen molar-refractivity contribution in [2.24, 2.45) is 0 Å². The Morgan fingerprint density at radius 1 is 1.00 bits per heavy atom. The van der Waals surface area contributed by atoms with Gasteiger partial charge in [0.2, 0.25) is 0 Å². The van der Waals surface area contributed by atoms with E-state index in [1.807, 2.05) is 20.4 Å². The maximum Gasteiger partial charge on any atom is 0.334 e. The summed E-state index contributed by atoms with van der Waals surface area (Å²) in [5, 5.41) is 0. The van der Waals surface area contributed by atoms with Crippen molar-refractivity contribution >= 4 is 8.56 Å². The molecular formula is C14H21F3O2Si. The third kappa shape index (κ3) is 4.92. The van der Waals surface area contributed by atoms with Crippen LogP contribution in [0.15, 0.2) is 12.1 Å². The summed E-state index contributed by atoms with van der Waals surface area (Å²) in [6.07, 6.45) is 1.16. The normalized spacial score (nSPS) is 11.9. The van der Waals surface area contributed by atoms with Gasteiger partial charge in [0.1, 0.15) is 0 Å². The zero-order valence-electron chi connectivity index (χ0n) is 12.1. The van der Waals surface area contributed by atoms with Crippen LogP contribution in [-0.4, -0.2) is 21.8 Å². The maximum atomic E-state index is 13.1. The van der Waals surface area contributed by atoms with Gasteiger partial charge in [0.25, 0.3) is 0 Å². The van der Waals surface area contributed by atoms with Crippen molar-refractivity contribution in [2.75, 3.05) is 13.2 Å². The molecular weight excluding hydrogens is 285 g/mol. The van der Waals surface area contributed by atoms with Gasteiger partial charge in [0, 0.05) is 13.2 Å². The van der Waals surface area contributed by atoms with E-state index in [1.165, 1.54) is 0 Å². The quantitative estimate of drug-likeness (QED) is 0.530. The Kier molecular flexibility index (Phi) is 6.71. The van der Waals surface area contributed by atoms with Gasteiger partial charge in [-0.05, 0) is 57.0 Å². The van der Waals surface area contributed by atoms with Crippen LogP contribution < -0.4 is 0 Å². The number of hydrogen-bond acceptors (Lipinski definition) is 2. The highest BCUT2D eigenvalue weighted by Crippen LogP contribution is 2.20. The summed E-state index contributed by atoms with van der Waals surface area (Å²) in [6.45, 7) is 6.97. The summed E-state index contributed by atoms with van der Waals surface area (Å²) in [4.78, 5) is 0. The summed E-state index contributed by atoms with van der Waals surface area (Å²) in [5.41, 5.74) is 0.450. The van der Waals surface area contributed by atoms with Gasteiger partial charge in [-0.1, -0.05) is 0 Å². The molecule has 0 spiro atoms. The van der Waals surface area contributed by atoms with Crippen LogP contribution in [0.5, 0.6) is 0 Å². The van der Waals surface area contributed by atoms with E-state index in [2.05, 4.69) is 0 Å². The molecule has 0 aliphatic rings. The zero-order chi connectivity index (χ0) is 15.2. The van der Waals surface area contributed by atoms with Gasteiger partial charge >= 0.3 is 8.56 Å². The molecule has 1 aromatic rings. The van der Waals surface area contributed by atoms with Crippen molar-refractivity contribution in [3.63, 3.8) is 0 Å². The SMILES string of the molecule is CCO[Si](C)(CCCc1cc(F)c(F)c(F)c1)OCC. The lowest BCUT2D eigenvalue weighted by molar-refractivity contribution is 0.188. The molecule has 6 heteroatoms. The van der Waals surface area contributed by atoms with Crippen LogP contribution in [0, 0.1) is 17.5 Å². The van der Waals surface area contributed by atoms with Crippen molar-refractivity contribution in [3.05, 3.63) is 35.1 Å². The van der Waals surface area contributed by atoms with Crippen LogP contribution in [0.1, 0.15) is 25.8 Å². The van der Waals surface area contributed by atoms with Gasteiger partial charge in [-0.3, -0.25) is 0 Å². The fraction of sp³-hybridized carbons (Fsp3) is 0.571. The van der Waals surface area contributed by atoms with E-state index < -0.39 is 26.0 Å². The van der Waals surface area contributed by atoms with Gasteiger partial charge in [0.05, 0.1) is 0 Å². The molecule has 0 amide bonds. The van der Waals surface area contributed by atoms with Crippen molar-refractivity contribution in [1.82, 2.24) is 0 Å². The van der Waals surface area contributed by atoms with Crippen molar-refractivity contribution in [1.29, 1.82) is 0 Å². The molecule has 0 unspecified atom stereocenters. The molecule has 0 aliphatic carbocycles. The average Bonchev–Trinajstić information content (AvgIpc) is 2.36. The molecule has 0 bridgehead atoms. The predicted molar refractivity (Wildman–Crippen MR) is 74.3 cm³/mol. The first kappa shape index (κ1) is 17.2. The van der Waals surface area contributed by atoms with E-state index in [1.54, 1.807) is 0 Å². The van der Waals surface area contributed by atoms with Crippen molar-refractivity contribution < 1.29 is 22.0 Å². The average molecular weight is 306 g/mol. The van der Waals surface area contributed by atoms with Crippen molar-refractivity contribution in [2.45, 2.75) is 39.3 Å². The van der Waals surface area contributed by atoms with E-state index in [0.717, 1.165) is 18.2 Å². The molecule has 0 N–H and O–H groups in total. The largest absolute Gasteiger partial charge is 0.395 e. The third-order valence-corrected chi connectivity index (χ3v) is 6.10. The van der Waals surface area contributed by atoms with E-state index in [4.69, 9.17) is 8.85 Å². The monoisotopic (exact) mass is 306 g/mol. The molecule has 20 heavy (non-hydrogen) atoms. The predicted octanol–water partition coefficient (Wildman–Crippen LogP) is 4.18. The fourth-order valence-electron chi connectivity index (χ4n) is 2.16. The highest BCUT2D eigenvalue weighted by Gasteiger charge is 2.29. The molecule has 0 saturated carbocycles. The Hall–Kier alpha value is -0.853. The molecule has 0 radical (unpaired) electrons. The lowest BCUT2D eigenvalue weighted by Crippen LogP contribution is -2.38. The first-order chi connectivity index (χ1) is 9.41. The van der Waals surface area contributed by atoms with Crippen LogP contribution >= 0.6 is 0 Å². The highest BCUT2D eigenvalue weighted by molar-refractivity contribution is 6.66. The molecule has 0 fully saturated rings. The summed E-state index contributed by atoms with van der Waals surface area (Å²) in [7, 11) is -2.20. The molecule has 1 rings (SSSR count). The van der Waals surface area contributed by atoms with Gasteiger partial charge < -0.3 is 8.85 Å². The fourth-order valence-corrected chi connectivity index (χ4v) is 4.57. The maximum absolute atomic E-state index is 13.1. The second-order valence-corrected chi connectivity index (χ2v) is 8.07. The second kappa shape index (κ2) is 7.80. The number of benzene rings is 1. The number of aryl methyl sites for hydroxylation is 1. The topological polar surface area (TPSA) is 18.5 Å². The molecule has 114 valence electrons. The molecule has 0 atom stereocenters. The number of halogens is 3. The Morgan fingerprint density at radius 3 is 1.95 bits per heavy atom. The van der Waals surface area contributed by atoms with E-state index in [9.17, 15) is 13.2 Å². The second-order valence-electron chi connectivity index (χ2n) is 4.73. The van der Waals surface area contributed by atoms with Crippen LogP contribution in [0.2, 0.25) is 12.6 Å². The number of rotatable bonds is 8. The molecule has 0 aliphatic heterocycles. The molecule has 0 saturated heterocycles. The minimum Gasteiger partial charge on any atom is -0.395 e. The first-order valence-corrected chi connectivity index (χ1v) is 9.35. The smallest absolute Gasteiger partial charge is 0.334 e. The lowest BCUT2D eigenvalue weighted by atomic mass is 10.1. The lowest BCUT2D eigenvalue weighted by Gasteiger charge is -2.25. The molecule has 0 heterocycles. The first-order valence-electron chi connectivity index (χ1n) is 6.83. The summed E-state index contributed by atoms with van der Waals surface area (Å²) < 4.78 is 50.4. The van der Waals surface area contributed by atoms with Crippen molar-refractivity contribution in [3.8, 4) is 0 Å². The third-order valence-electron chi connectivity index (χ3n) is 3.04. The van der Waals surface area contributed by atoms with Gasteiger partial charge in [-0.2, -0.15) is 0 Å². The highest BCUT2D eigenvalue weighted by atomic mass is 28.4. The summed E-state index contributed by atoms with van der Waals surface area (Å²) in [5.74, 6) is -3.71. The summed E-state index contributed by atoms with van der Waals surface area (Å²) in [6, 6.07) is 2.81. The van der Waals surface area contributed by atoms with Gasteiger partial charge in [0.15, 0.2) is 17.5 Å². The van der Waals surface area contributed by atoms with E-state index >= 15 is 0 Å². The van der Waals surface area contributed by atoms with E-state index in [-0.39, 0.29) is 0 Å². The van der Waals surface area contributed by atoms with Crippen LogP contribution in [0.25, 0.3) is 0 Å². The van der Waals surface area contributed by atoms with E-state index in [0.29, 0.717) is 31.6 Å². The Labute approximate surface area is 119 Å². The van der Waals surface area contributed by atoms with Gasteiger partial charge in [-0.25, -0.2) is 13.2 Å². The Morgan fingerprint density at radius 2 is 1.50 bits per heavy atom. The van der Waals surface area contributed by atoms with Crippen LogP contribution in [0.3, 0.4) is 0 Å². The Bertz CT molecular complexity index is 411. The summed E-state index contributed by atoms with van der Waals surface area (Å²) >= 11 is 0. The minimum atomic E-state index is -2.20. The molecule has 1 aromatic carbocycles. The van der Waals surface area contributed by atoms with Gasteiger partial charge in [-0.15, -0.1) is 0 Å². The minimum absolute atomic E-state index is 0.450. The molecule has 0 aromatic heterocycles. The standard InChI is InChI=1S/C14H21F3O2Si/c1-4-18-20(3,19-5-2)8-6-7-11-9-12(15)14(17)13(16)10-11/h9-10H,4-8H2,1-3H3.